The second-order valence-electron chi connectivity index (χ2n) is 7.29. The van der Waals surface area contributed by atoms with Gasteiger partial charge in [0.15, 0.2) is 0 Å². The standard InChI is InChI=1S/C24H21FN2O5/c1-14-21-19(27-26-17-10-8-16(25)9-11-17)4-3-5-20(21)32-22(14)24(29)31-18-12-6-15(7-13-18)23(28)30-2/h6-13,26H,3-5H2,1-2H3/b27-19+. The van der Waals surface area contributed by atoms with E-state index in [1.54, 1.807) is 19.1 Å². The number of hydrazone groups is 1. The number of carbonyl (C=O) groups excluding carboxylic acids is 2. The normalized spacial score (nSPS) is 14.0. The zero-order chi connectivity index (χ0) is 22.7. The molecule has 7 nitrogen and oxygen atoms in total. The second kappa shape index (κ2) is 9.05. The maximum Gasteiger partial charge on any atom is 0.379 e. The van der Waals surface area contributed by atoms with E-state index in [0.717, 1.165) is 17.7 Å². The Morgan fingerprint density at radius 2 is 1.75 bits per heavy atom. The van der Waals surface area contributed by atoms with E-state index in [1.807, 2.05) is 0 Å². The number of benzene rings is 2. The Morgan fingerprint density at radius 1 is 1.03 bits per heavy atom. The van der Waals surface area contributed by atoms with E-state index in [1.165, 1.54) is 43.5 Å². The van der Waals surface area contributed by atoms with Crippen LogP contribution >= 0.6 is 0 Å². The van der Waals surface area contributed by atoms with Gasteiger partial charge in [-0.3, -0.25) is 5.43 Å². The molecule has 0 amide bonds. The number of aryl methyl sites for hydroxylation is 1. The molecule has 1 heterocycles. The van der Waals surface area contributed by atoms with Crippen LogP contribution in [0.4, 0.5) is 10.1 Å². The number of furan rings is 1. The third kappa shape index (κ3) is 4.39. The lowest BCUT2D eigenvalue weighted by molar-refractivity contribution is 0.0600. The summed E-state index contributed by atoms with van der Waals surface area (Å²) in [6.07, 6.45) is 2.23. The molecule has 0 saturated carbocycles. The molecule has 0 fully saturated rings. The maximum absolute atomic E-state index is 13.1. The largest absolute Gasteiger partial charge is 0.465 e. The molecule has 0 atom stereocenters. The molecule has 3 aromatic rings. The van der Waals surface area contributed by atoms with E-state index in [4.69, 9.17) is 9.15 Å². The number of anilines is 1. The molecular formula is C24H21FN2O5. The molecule has 4 rings (SSSR count). The molecule has 164 valence electrons. The fraction of sp³-hybridized carbons (Fsp3) is 0.208. The van der Waals surface area contributed by atoms with Crippen LogP contribution in [0.3, 0.4) is 0 Å². The average Bonchev–Trinajstić information content (AvgIpc) is 3.16. The summed E-state index contributed by atoms with van der Waals surface area (Å²) in [4.78, 5) is 24.3. The topological polar surface area (TPSA) is 90.1 Å². The quantitative estimate of drug-likeness (QED) is 0.348. The van der Waals surface area contributed by atoms with Crippen LogP contribution in [0.5, 0.6) is 5.75 Å². The highest BCUT2D eigenvalue weighted by atomic mass is 19.1. The first kappa shape index (κ1) is 21.3. The number of hydrogen-bond acceptors (Lipinski definition) is 7. The van der Waals surface area contributed by atoms with Crippen LogP contribution in [-0.4, -0.2) is 24.8 Å². The summed E-state index contributed by atoms with van der Waals surface area (Å²) >= 11 is 0. The van der Waals surface area contributed by atoms with Crippen LogP contribution in [0, 0.1) is 12.7 Å². The van der Waals surface area contributed by atoms with Gasteiger partial charge in [0.1, 0.15) is 17.3 Å². The third-order valence-corrected chi connectivity index (χ3v) is 5.16. The molecule has 1 aliphatic rings. The van der Waals surface area contributed by atoms with Gasteiger partial charge >= 0.3 is 11.9 Å². The second-order valence-corrected chi connectivity index (χ2v) is 7.29. The highest BCUT2D eigenvalue weighted by Crippen LogP contribution is 2.31. The first-order chi connectivity index (χ1) is 15.5. The number of esters is 2. The minimum Gasteiger partial charge on any atom is -0.465 e. The van der Waals surface area contributed by atoms with E-state index in [9.17, 15) is 14.0 Å². The zero-order valence-corrected chi connectivity index (χ0v) is 17.6. The number of fused-ring (bicyclic) bond motifs is 1. The van der Waals surface area contributed by atoms with Crippen molar-refractivity contribution in [3.63, 3.8) is 0 Å². The molecule has 0 radical (unpaired) electrons. The summed E-state index contributed by atoms with van der Waals surface area (Å²) in [5.74, 6) is -0.350. The molecule has 0 aliphatic heterocycles. The van der Waals surface area contributed by atoms with E-state index in [0.29, 0.717) is 35.4 Å². The minimum absolute atomic E-state index is 0.114. The Hall–Kier alpha value is -3.94. The predicted octanol–water partition coefficient (Wildman–Crippen LogP) is 4.89. The van der Waals surface area contributed by atoms with Crippen LogP contribution in [0.25, 0.3) is 0 Å². The Morgan fingerprint density at radius 3 is 2.44 bits per heavy atom. The van der Waals surface area contributed by atoms with Crippen molar-refractivity contribution in [1.82, 2.24) is 0 Å². The number of ether oxygens (including phenoxy) is 2. The van der Waals surface area contributed by atoms with Crippen molar-refractivity contribution in [2.24, 2.45) is 5.10 Å². The lowest BCUT2D eigenvalue weighted by Crippen LogP contribution is -2.13. The van der Waals surface area contributed by atoms with Crippen LogP contribution in [0.2, 0.25) is 0 Å². The van der Waals surface area contributed by atoms with Crippen molar-refractivity contribution in [1.29, 1.82) is 0 Å². The molecule has 8 heteroatoms. The molecule has 0 unspecified atom stereocenters. The van der Waals surface area contributed by atoms with E-state index >= 15 is 0 Å². The Kier molecular flexibility index (Phi) is 6.02. The van der Waals surface area contributed by atoms with Crippen LogP contribution in [-0.2, 0) is 11.2 Å². The molecule has 0 spiro atoms. The monoisotopic (exact) mass is 436 g/mol. The van der Waals surface area contributed by atoms with Gasteiger partial charge in [0.05, 0.1) is 24.1 Å². The molecule has 1 aromatic heterocycles. The summed E-state index contributed by atoms with van der Waals surface area (Å²) in [6, 6.07) is 12.0. The predicted molar refractivity (Wildman–Crippen MR) is 116 cm³/mol. The molecular weight excluding hydrogens is 415 g/mol. The fourth-order valence-electron chi connectivity index (χ4n) is 3.56. The number of rotatable bonds is 5. The number of nitrogens with zero attached hydrogens (tertiary/aromatic N) is 1. The molecule has 32 heavy (non-hydrogen) atoms. The van der Waals surface area contributed by atoms with E-state index in [-0.39, 0.29) is 17.3 Å². The fourth-order valence-corrected chi connectivity index (χ4v) is 3.56. The highest BCUT2D eigenvalue weighted by molar-refractivity contribution is 6.06. The lowest BCUT2D eigenvalue weighted by Gasteiger charge is -2.13. The van der Waals surface area contributed by atoms with Gasteiger partial charge in [0, 0.05) is 17.5 Å². The van der Waals surface area contributed by atoms with Gasteiger partial charge in [-0.2, -0.15) is 5.10 Å². The molecule has 0 bridgehead atoms. The highest BCUT2D eigenvalue weighted by Gasteiger charge is 2.29. The van der Waals surface area contributed by atoms with Gasteiger partial charge in [-0.1, -0.05) is 0 Å². The van der Waals surface area contributed by atoms with Crippen molar-refractivity contribution in [3.8, 4) is 5.75 Å². The van der Waals surface area contributed by atoms with Crippen LogP contribution < -0.4 is 10.2 Å². The Bertz CT molecular complexity index is 1180. The number of carbonyl (C=O) groups is 2. The molecule has 0 saturated heterocycles. The van der Waals surface area contributed by atoms with E-state index < -0.39 is 11.9 Å². The maximum atomic E-state index is 13.1. The van der Waals surface area contributed by atoms with Gasteiger partial charge in [-0.05, 0) is 68.3 Å². The number of hydrogen-bond donors (Lipinski definition) is 1. The number of nitrogens with one attached hydrogen (secondary N) is 1. The number of halogens is 1. The van der Waals surface area contributed by atoms with Gasteiger partial charge in [0.2, 0.25) is 5.76 Å². The van der Waals surface area contributed by atoms with Gasteiger partial charge in [-0.15, -0.1) is 0 Å². The number of methoxy groups -OCH3 is 1. The molecule has 1 N–H and O–H groups in total. The van der Waals surface area contributed by atoms with Crippen molar-refractivity contribution < 1.29 is 27.9 Å². The Balaban J connectivity index is 1.54. The lowest BCUT2D eigenvalue weighted by atomic mass is 9.93. The van der Waals surface area contributed by atoms with Crippen molar-refractivity contribution in [2.45, 2.75) is 26.2 Å². The van der Waals surface area contributed by atoms with Gasteiger partial charge < -0.3 is 13.9 Å². The Labute approximate surface area is 183 Å². The molecule has 1 aliphatic carbocycles. The smallest absolute Gasteiger partial charge is 0.379 e. The van der Waals surface area contributed by atoms with Crippen LogP contribution in [0.15, 0.2) is 58.0 Å². The first-order valence-electron chi connectivity index (χ1n) is 10.1. The third-order valence-electron chi connectivity index (χ3n) is 5.16. The van der Waals surface area contributed by atoms with E-state index in [2.05, 4.69) is 15.3 Å². The van der Waals surface area contributed by atoms with Crippen LogP contribution in [0.1, 0.15) is 50.6 Å². The summed E-state index contributed by atoms with van der Waals surface area (Å²) < 4.78 is 29.0. The SMILES string of the molecule is COC(=O)c1ccc(OC(=O)c2oc3c(c2C)/C(=N/Nc2ccc(F)cc2)CCC3)cc1. The first-order valence-corrected chi connectivity index (χ1v) is 10.1. The summed E-state index contributed by atoms with van der Waals surface area (Å²) in [5.41, 5.74) is 6.14. The summed E-state index contributed by atoms with van der Waals surface area (Å²) in [7, 11) is 1.30. The molecule has 2 aromatic carbocycles. The summed E-state index contributed by atoms with van der Waals surface area (Å²) in [6.45, 7) is 1.79. The van der Waals surface area contributed by atoms with Crippen molar-refractivity contribution >= 4 is 23.3 Å². The van der Waals surface area contributed by atoms with Gasteiger partial charge in [-0.25, -0.2) is 14.0 Å². The van der Waals surface area contributed by atoms with Crippen molar-refractivity contribution in [3.05, 3.63) is 82.6 Å². The minimum atomic E-state index is -0.631. The van der Waals surface area contributed by atoms with Gasteiger partial charge in [0.25, 0.3) is 0 Å². The van der Waals surface area contributed by atoms with Crippen molar-refractivity contribution in [2.75, 3.05) is 12.5 Å². The summed E-state index contributed by atoms with van der Waals surface area (Å²) in [5, 5.41) is 4.46. The average molecular weight is 436 g/mol. The zero-order valence-electron chi connectivity index (χ0n) is 17.6.